The van der Waals surface area contributed by atoms with Gasteiger partial charge in [-0.2, -0.15) is 13.2 Å². The first kappa shape index (κ1) is 30.3. The van der Waals surface area contributed by atoms with Crippen LogP contribution in [0, 0.1) is 5.82 Å². The number of nitrogens with one attached hydrogen (secondary N) is 2. The third kappa shape index (κ3) is 9.20. The van der Waals surface area contributed by atoms with Gasteiger partial charge in [-0.1, -0.05) is 11.2 Å². The Balaban J connectivity index is 0.000000559. The molecule has 1 fully saturated rings. The quantitative estimate of drug-likeness (QED) is 0.257. The van der Waals surface area contributed by atoms with Gasteiger partial charge in [0.25, 0.3) is 11.8 Å². The first-order valence-electron chi connectivity index (χ1n) is 12.0. The average molecular weight is 570 g/mol. The molecule has 2 heterocycles. The molecular weight excluding hydrogens is 542 g/mol. The minimum Gasteiger partial charge on any atom is -0.496 e. The number of aliphatic carboxylic acids is 1. The Morgan fingerprint density at radius 2 is 1.85 bits per heavy atom. The Kier molecular flexibility index (Phi) is 10.8. The van der Waals surface area contributed by atoms with Gasteiger partial charge in [-0.3, -0.25) is 9.69 Å². The molecule has 1 aliphatic heterocycles. The van der Waals surface area contributed by atoms with Crippen LogP contribution in [0.15, 0.2) is 46.9 Å². The molecule has 3 N–H and O–H groups in total. The summed E-state index contributed by atoms with van der Waals surface area (Å²) in [5.41, 5.74) is 1.31. The molecule has 1 amide bonds. The van der Waals surface area contributed by atoms with Crippen molar-refractivity contribution >= 4 is 23.6 Å². The molecule has 0 aliphatic carbocycles. The highest BCUT2D eigenvalue weighted by Gasteiger charge is 2.38. The van der Waals surface area contributed by atoms with Gasteiger partial charge >= 0.3 is 18.2 Å². The summed E-state index contributed by atoms with van der Waals surface area (Å²) in [5.74, 6) is -2.91. The molecule has 4 rings (SSSR count). The van der Waals surface area contributed by atoms with Crippen molar-refractivity contribution in [2.75, 3.05) is 57.1 Å². The Labute approximate surface area is 226 Å². The van der Waals surface area contributed by atoms with Crippen LogP contribution in [0.4, 0.5) is 29.3 Å². The summed E-state index contributed by atoms with van der Waals surface area (Å²) in [7, 11) is 1.51. The second-order valence-corrected chi connectivity index (χ2v) is 8.33. The maximum Gasteiger partial charge on any atom is 0.490 e. The van der Waals surface area contributed by atoms with Crippen molar-refractivity contribution in [3.05, 3.63) is 53.8 Å². The zero-order chi connectivity index (χ0) is 29.1. The number of aromatic nitrogens is 2. The molecule has 1 aromatic heterocycles. The number of rotatable bonds is 9. The third-order valence-corrected chi connectivity index (χ3v) is 5.48. The van der Waals surface area contributed by atoms with Gasteiger partial charge in [-0.25, -0.2) is 9.18 Å². The molecule has 0 saturated carbocycles. The predicted octanol–water partition coefficient (Wildman–Crippen LogP) is 3.90. The van der Waals surface area contributed by atoms with E-state index in [1.54, 1.807) is 18.2 Å². The second-order valence-electron chi connectivity index (χ2n) is 8.33. The SMILES string of the molecule is COc1cc(NC(=O)c2cccc(F)c2)ccc1-c1nnc(NCCCN2CCOCC2)o1.O=C(O)C(F)(F)F. The molecule has 216 valence electrons. The number of benzene rings is 2. The summed E-state index contributed by atoms with van der Waals surface area (Å²) in [4.78, 5) is 23.6. The van der Waals surface area contributed by atoms with Crippen molar-refractivity contribution in [3.63, 3.8) is 0 Å². The molecule has 15 heteroatoms. The van der Waals surface area contributed by atoms with E-state index in [1.807, 2.05) is 0 Å². The number of ether oxygens (including phenoxy) is 2. The minimum atomic E-state index is -5.08. The summed E-state index contributed by atoms with van der Waals surface area (Å²) < 4.78 is 61.6. The summed E-state index contributed by atoms with van der Waals surface area (Å²) in [6.07, 6.45) is -4.14. The van der Waals surface area contributed by atoms with Crippen LogP contribution in [-0.2, 0) is 9.53 Å². The largest absolute Gasteiger partial charge is 0.496 e. The average Bonchev–Trinajstić information content (AvgIpc) is 3.40. The van der Waals surface area contributed by atoms with E-state index >= 15 is 0 Å². The van der Waals surface area contributed by atoms with E-state index in [0.717, 1.165) is 39.3 Å². The lowest BCUT2D eigenvalue weighted by atomic mass is 10.1. The van der Waals surface area contributed by atoms with Crippen molar-refractivity contribution < 1.29 is 46.1 Å². The first-order valence-corrected chi connectivity index (χ1v) is 12.0. The predicted molar refractivity (Wildman–Crippen MR) is 135 cm³/mol. The zero-order valence-electron chi connectivity index (χ0n) is 21.3. The number of methoxy groups -OCH3 is 1. The van der Waals surface area contributed by atoms with E-state index < -0.39 is 23.9 Å². The molecule has 0 spiro atoms. The number of morpholine rings is 1. The van der Waals surface area contributed by atoms with E-state index in [9.17, 15) is 22.4 Å². The highest BCUT2D eigenvalue weighted by molar-refractivity contribution is 6.04. The van der Waals surface area contributed by atoms with Gasteiger partial charge in [0.05, 0.1) is 25.9 Å². The fourth-order valence-electron chi connectivity index (χ4n) is 3.50. The van der Waals surface area contributed by atoms with Gasteiger partial charge in [0.15, 0.2) is 0 Å². The lowest BCUT2D eigenvalue weighted by Gasteiger charge is -2.26. The first-order chi connectivity index (χ1) is 19.1. The van der Waals surface area contributed by atoms with Gasteiger partial charge in [-0.15, -0.1) is 5.10 Å². The molecule has 0 bridgehead atoms. The number of hydrogen-bond acceptors (Lipinski definition) is 9. The molecule has 0 atom stereocenters. The number of alkyl halides is 3. The molecule has 40 heavy (non-hydrogen) atoms. The number of halogens is 4. The maximum atomic E-state index is 13.4. The number of carboxylic acid groups (broad SMARTS) is 1. The van der Waals surface area contributed by atoms with Gasteiger partial charge in [0, 0.05) is 37.0 Å². The topological polar surface area (TPSA) is 139 Å². The lowest BCUT2D eigenvalue weighted by Crippen LogP contribution is -2.37. The fourth-order valence-corrected chi connectivity index (χ4v) is 3.50. The summed E-state index contributed by atoms with van der Waals surface area (Å²) >= 11 is 0. The molecule has 1 aliphatic rings. The Morgan fingerprint density at radius 1 is 1.12 bits per heavy atom. The Bertz CT molecular complexity index is 1280. The number of amides is 1. The Morgan fingerprint density at radius 3 is 2.50 bits per heavy atom. The number of carbonyl (C=O) groups excluding carboxylic acids is 1. The van der Waals surface area contributed by atoms with Crippen LogP contribution >= 0.6 is 0 Å². The Hall–Kier alpha value is -4.24. The number of carbonyl (C=O) groups is 2. The molecule has 3 aromatic rings. The number of carboxylic acids is 1. The fraction of sp³-hybridized carbons (Fsp3) is 0.360. The number of hydrogen-bond donors (Lipinski definition) is 3. The minimum absolute atomic E-state index is 0.222. The van der Waals surface area contributed by atoms with E-state index in [2.05, 4.69) is 25.7 Å². The van der Waals surface area contributed by atoms with Gasteiger partial charge in [-0.05, 0) is 43.3 Å². The van der Waals surface area contributed by atoms with Crippen molar-refractivity contribution in [1.29, 1.82) is 0 Å². The van der Waals surface area contributed by atoms with Crippen LogP contribution in [0.5, 0.6) is 5.75 Å². The zero-order valence-corrected chi connectivity index (χ0v) is 21.3. The summed E-state index contributed by atoms with van der Waals surface area (Å²) in [6.45, 7) is 5.19. The van der Waals surface area contributed by atoms with Crippen molar-refractivity contribution in [1.82, 2.24) is 15.1 Å². The van der Waals surface area contributed by atoms with Crippen LogP contribution in [-0.4, -0.2) is 84.8 Å². The van der Waals surface area contributed by atoms with Gasteiger partial charge in [0.1, 0.15) is 11.6 Å². The second kappa shape index (κ2) is 14.2. The van der Waals surface area contributed by atoms with E-state index in [1.165, 1.54) is 31.4 Å². The summed E-state index contributed by atoms with van der Waals surface area (Å²) in [6, 6.07) is 10.9. The maximum absolute atomic E-state index is 13.4. The third-order valence-electron chi connectivity index (χ3n) is 5.48. The number of nitrogens with zero attached hydrogens (tertiary/aromatic N) is 3. The molecule has 0 unspecified atom stereocenters. The van der Waals surface area contributed by atoms with E-state index in [0.29, 0.717) is 35.5 Å². The molecule has 0 radical (unpaired) electrons. The molecule has 2 aromatic carbocycles. The van der Waals surface area contributed by atoms with Crippen LogP contribution < -0.4 is 15.4 Å². The van der Waals surface area contributed by atoms with Crippen molar-refractivity contribution in [2.45, 2.75) is 12.6 Å². The van der Waals surface area contributed by atoms with Crippen LogP contribution in [0.1, 0.15) is 16.8 Å². The van der Waals surface area contributed by atoms with Crippen molar-refractivity contribution in [3.8, 4) is 17.2 Å². The van der Waals surface area contributed by atoms with Crippen molar-refractivity contribution in [2.24, 2.45) is 0 Å². The molecule has 1 saturated heterocycles. The smallest absolute Gasteiger partial charge is 0.490 e. The highest BCUT2D eigenvalue weighted by Crippen LogP contribution is 2.32. The molecule has 11 nitrogen and oxygen atoms in total. The van der Waals surface area contributed by atoms with E-state index in [4.69, 9.17) is 23.8 Å². The monoisotopic (exact) mass is 569 g/mol. The normalized spacial score (nSPS) is 13.6. The lowest BCUT2D eigenvalue weighted by molar-refractivity contribution is -0.192. The van der Waals surface area contributed by atoms with Crippen LogP contribution in [0.2, 0.25) is 0 Å². The van der Waals surface area contributed by atoms with Crippen LogP contribution in [0.3, 0.4) is 0 Å². The summed E-state index contributed by atoms with van der Waals surface area (Å²) in [5, 5.41) is 21.1. The number of anilines is 2. The molecular formula is C25H27F4N5O6. The van der Waals surface area contributed by atoms with Crippen LogP contribution in [0.25, 0.3) is 11.5 Å². The van der Waals surface area contributed by atoms with Gasteiger partial charge in [0.2, 0.25) is 0 Å². The standard InChI is InChI=1S/C23H26FN5O4.C2HF3O2/c1-31-20-15-18(26-21(30)16-4-2-5-17(24)14-16)6-7-19(20)22-27-28-23(33-22)25-8-3-9-29-10-12-32-13-11-29;3-2(4,5)1(6)7/h2,4-7,14-15H,3,8-13H2,1H3,(H,25,28)(H,26,30);(H,6,7). The van der Waals surface area contributed by atoms with E-state index in [-0.39, 0.29) is 5.56 Å². The van der Waals surface area contributed by atoms with Gasteiger partial charge < -0.3 is 29.6 Å². The highest BCUT2D eigenvalue weighted by atomic mass is 19.4.